The Balaban J connectivity index is 1.87. The number of ether oxygens (including phenoxy) is 1. The summed E-state index contributed by atoms with van der Waals surface area (Å²) < 4.78 is 5.25. The fourth-order valence-corrected chi connectivity index (χ4v) is 2.66. The third-order valence-corrected chi connectivity index (χ3v) is 3.91. The summed E-state index contributed by atoms with van der Waals surface area (Å²) in [5.74, 6) is 2.09. The molecule has 5 heteroatoms. The zero-order chi connectivity index (χ0) is 17.8. The van der Waals surface area contributed by atoms with Gasteiger partial charge in [-0.2, -0.15) is 4.98 Å². The van der Waals surface area contributed by atoms with Gasteiger partial charge in [-0.1, -0.05) is 24.3 Å². The summed E-state index contributed by atoms with van der Waals surface area (Å²) in [5, 5.41) is 6.65. The molecule has 0 saturated heterocycles. The van der Waals surface area contributed by atoms with Gasteiger partial charge in [0.2, 0.25) is 5.95 Å². The van der Waals surface area contributed by atoms with Gasteiger partial charge < -0.3 is 15.4 Å². The molecule has 5 nitrogen and oxygen atoms in total. The monoisotopic (exact) mass is 334 g/mol. The van der Waals surface area contributed by atoms with Gasteiger partial charge in [0.15, 0.2) is 0 Å². The first-order chi connectivity index (χ1) is 12.0. The van der Waals surface area contributed by atoms with Crippen molar-refractivity contribution in [1.82, 2.24) is 9.97 Å². The van der Waals surface area contributed by atoms with Crippen LogP contribution in [0.1, 0.15) is 16.8 Å². The molecule has 0 aliphatic rings. The van der Waals surface area contributed by atoms with Crippen molar-refractivity contribution >= 4 is 23.1 Å². The number of hydrogen-bond donors (Lipinski definition) is 2. The van der Waals surface area contributed by atoms with Gasteiger partial charge >= 0.3 is 0 Å². The average Bonchev–Trinajstić information content (AvgIpc) is 2.58. The summed E-state index contributed by atoms with van der Waals surface area (Å²) in [6, 6.07) is 15.8. The second-order valence-corrected chi connectivity index (χ2v) is 5.97. The fourth-order valence-electron chi connectivity index (χ4n) is 2.66. The van der Waals surface area contributed by atoms with Crippen molar-refractivity contribution in [2.45, 2.75) is 20.8 Å². The van der Waals surface area contributed by atoms with Crippen molar-refractivity contribution in [1.29, 1.82) is 0 Å². The standard InChI is InChI=1S/C20H22N4O/c1-13-7-5-8-14(2)19(13)23-18-11-15(3)21-20(24-18)22-16-9-6-10-17(12-16)25-4/h5-12H,1-4H3,(H2,21,22,23,24). The summed E-state index contributed by atoms with van der Waals surface area (Å²) in [7, 11) is 1.65. The van der Waals surface area contributed by atoms with Crippen LogP contribution in [0.2, 0.25) is 0 Å². The Hall–Kier alpha value is -3.08. The topological polar surface area (TPSA) is 59.1 Å². The second-order valence-electron chi connectivity index (χ2n) is 5.97. The van der Waals surface area contributed by atoms with Gasteiger partial charge in [0, 0.05) is 29.2 Å². The van der Waals surface area contributed by atoms with E-state index in [2.05, 4.69) is 52.6 Å². The summed E-state index contributed by atoms with van der Waals surface area (Å²) >= 11 is 0. The zero-order valence-electron chi connectivity index (χ0n) is 14.9. The van der Waals surface area contributed by atoms with E-state index in [0.29, 0.717) is 5.95 Å². The summed E-state index contributed by atoms with van der Waals surface area (Å²) in [6.07, 6.45) is 0. The molecule has 1 heterocycles. The zero-order valence-corrected chi connectivity index (χ0v) is 14.9. The van der Waals surface area contributed by atoms with Crippen molar-refractivity contribution < 1.29 is 4.74 Å². The molecule has 0 bridgehead atoms. The lowest BCUT2D eigenvalue weighted by atomic mass is 10.1. The predicted octanol–water partition coefficient (Wildman–Crippen LogP) is 4.90. The van der Waals surface area contributed by atoms with E-state index < -0.39 is 0 Å². The van der Waals surface area contributed by atoms with Crippen molar-refractivity contribution in [3.63, 3.8) is 0 Å². The third kappa shape index (κ3) is 4.07. The lowest BCUT2D eigenvalue weighted by molar-refractivity contribution is 0.415. The van der Waals surface area contributed by atoms with E-state index in [1.54, 1.807) is 7.11 Å². The number of aromatic nitrogens is 2. The van der Waals surface area contributed by atoms with Crippen molar-refractivity contribution in [2.75, 3.05) is 17.7 Å². The predicted molar refractivity (Wildman–Crippen MR) is 102 cm³/mol. The molecule has 0 aliphatic heterocycles. The maximum Gasteiger partial charge on any atom is 0.229 e. The Morgan fingerprint density at radius 1 is 0.840 bits per heavy atom. The lowest BCUT2D eigenvalue weighted by Gasteiger charge is -2.14. The second kappa shape index (κ2) is 7.21. The molecule has 0 aliphatic carbocycles. The van der Waals surface area contributed by atoms with Crippen LogP contribution in [-0.4, -0.2) is 17.1 Å². The van der Waals surface area contributed by atoms with Crippen LogP contribution in [0.5, 0.6) is 5.75 Å². The first-order valence-corrected chi connectivity index (χ1v) is 8.15. The summed E-state index contributed by atoms with van der Waals surface area (Å²) in [4.78, 5) is 9.06. The Morgan fingerprint density at radius 3 is 2.28 bits per heavy atom. The number of methoxy groups -OCH3 is 1. The Morgan fingerprint density at radius 2 is 1.56 bits per heavy atom. The van der Waals surface area contributed by atoms with Gasteiger partial charge in [-0.05, 0) is 44.0 Å². The summed E-state index contributed by atoms with van der Waals surface area (Å²) in [6.45, 7) is 6.12. The van der Waals surface area contributed by atoms with Gasteiger partial charge in [0.1, 0.15) is 11.6 Å². The first kappa shape index (κ1) is 16.8. The molecule has 3 aromatic rings. The van der Waals surface area contributed by atoms with Crippen LogP contribution in [-0.2, 0) is 0 Å². The molecule has 0 radical (unpaired) electrons. The molecule has 3 rings (SSSR count). The number of benzene rings is 2. The maximum atomic E-state index is 5.25. The Labute approximate surface area is 148 Å². The number of rotatable bonds is 5. The van der Waals surface area contributed by atoms with Crippen LogP contribution < -0.4 is 15.4 Å². The lowest BCUT2D eigenvalue weighted by Crippen LogP contribution is -2.04. The quantitative estimate of drug-likeness (QED) is 0.695. The van der Waals surface area contributed by atoms with Crippen LogP contribution in [0.3, 0.4) is 0 Å². The fraction of sp³-hybridized carbons (Fsp3) is 0.200. The number of anilines is 4. The molecular formula is C20H22N4O. The Bertz CT molecular complexity index is 872. The smallest absolute Gasteiger partial charge is 0.229 e. The molecule has 0 atom stereocenters. The highest BCUT2D eigenvalue weighted by atomic mass is 16.5. The third-order valence-electron chi connectivity index (χ3n) is 3.91. The van der Waals surface area contributed by atoms with Gasteiger partial charge in [-0.15, -0.1) is 0 Å². The first-order valence-electron chi connectivity index (χ1n) is 8.15. The van der Waals surface area contributed by atoms with Crippen LogP contribution in [0, 0.1) is 20.8 Å². The van der Waals surface area contributed by atoms with E-state index in [1.807, 2.05) is 37.3 Å². The minimum atomic E-state index is 0.544. The Kier molecular flexibility index (Phi) is 4.84. The molecule has 128 valence electrons. The highest BCUT2D eigenvalue weighted by Crippen LogP contribution is 2.25. The normalized spacial score (nSPS) is 10.4. The van der Waals surface area contributed by atoms with Gasteiger partial charge in [-0.3, -0.25) is 0 Å². The number of aryl methyl sites for hydroxylation is 3. The highest BCUT2D eigenvalue weighted by molar-refractivity contribution is 5.66. The minimum absolute atomic E-state index is 0.544. The van der Waals surface area contributed by atoms with E-state index in [-0.39, 0.29) is 0 Å². The molecule has 2 aromatic carbocycles. The average molecular weight is 334 g/mol. The molecule has 0 spiro atoms. The molecular weight excluding hydrogens is 312 g/mol. The van der Waals surface area contributed by atoms with Crippen LogP contribution in [0.4, 0.5) is 23.1 Å². The molecule has 2 N–H and O–H groups in total. The molecule has 1 aromatic heterocycles. The van der Waals surface area contributed by atoms with Crippen LogP contribution in [0.25, 0.3) is 0 Å². The number of nitrogens with zero attached hydrogens (tertiary/aromatic N) is 2. The molecule has 0 fully saturated rings. The molecule has 25 heavy (non-hydrogen) atoms. The van der Waals surface area contributed by atoms with Crippen molar-refractivity contribution in [3.8, 4) is 5.75 Å². The van der Waals surface area contributed by atoms with Crippen LogP contribution >= 0.6 is 0 Å². The SMILES string of the molecule is COc1cccc(Nc2nc(C)cc(Nc3c(C)cccc3C)n2)c1. The van der Waals surface area contributed by atoms with E-state index in [4.69, 9.17) is 4.74 Å². The van der Waals surface area contributed by atoms with Crippen molar-refractivity contribution in [2.24, 2.45) is 0 Å². The van der Waals surface area contributed by atoms with E-state index >= 15 is 0 Å². The molecule has 0 unspecified atom stereocenters. The number of para-hydroxylation sites is 1. The van der Waals surface area contributed by atoms with E-state index in [0.717, 1.165) is 28.6 Å². The maximum absolute atomic E-state index is 5.25. The van der Waals surface area contributed by atoms with Gasteiger partial charge in [-0.25, -0.2) is 4.98 Å². The summed E-state index contributed by atoms with van der Waals surface area (Å²) in [5.41, 5.74) is 5.20. The van der Waals surface area contributed by atoms with Crippen LogP contribution in [0.15, 0.2) is 48.5 Å². The van der Waals surface area contributed by atoms with Gasteiger partial charge in [0.05, 0.1) is 7.11 Å². The number of hydrogen-bond acceptors (Lipinski definition) is 5. The molecule has 0 amide bonds. The van der Waals surface area contributed by atoms with E-state index in [1.165, 1.54) is 11.1 Å². The van der Waals surface area contributed by atoms with E-state index in [9.17, 15) is 0 Å². The minimum Gasteiger partial charge on any atom is -0.497 e. The van der Waals surface area contributed by atoms with Gasteiger partial charge in [0.25, 0.3) is 0 Å². The molecule has 0 saturated carbocycles. The highest BCUT2D eigenvalue weighted by Gasteiger charge is 2.07. The number of nitrogens with one attached hydrogen (secondary N) is 2. The van der Waals surface area contributed by atoms with Crippen molar-refractivity contribution in [3.05, 3.63) is 65.4 Å². The largest absolute Gasteiger partial charge is 0.497 e.